The number of aromatic nitrogens is 1. The van der Waals surface area contributed by atoms with Gasteiger partial charge in [-0.3, -0.25) is 0 Å². The van der Waals surface area contributed by atoms with Crippen molar-refractivity contribution in [1.29, 1.82) is 0 Å². The van der Waals surface area contributed by atoms with E-state index in [1.807, 2.05) is 6.07 Å². The van der Waals surface area contributed by atoms with Gasteiger partial charge >= 0.3 is 0 Å². The highest BCUT2D eigenvalue weighted by Crippen LogP contribution is 2.36. The maximum absolute atomic E-state index is 5.44. The molecule has 1 aromatic carbocycles. The molecule has 3 heteroatoms. The molecule has 90 valence electrons. The molecule has 0 spiro atoms. The Bertz CT molecular complexity index is 571. The van der Waals surface area contributed by atoms with Gasteiger partial charge in [0.25, 0.3) is 0 Å². The second-order valence-electron chi connectivity index (χ2n) is 4.78. The molecule has 1 aliphatic rings. The van der Waals surface area contributed by atoms with E-state index in [9.17, 15) is 0 Å². The molecule has 2 aromatic rings. The molecule has 1 unspecified atom stereocenters. The number of fused-ring (bicyclic) bond motifs is 3. The lowest BCUT2D eigenvalue weighted by Gasteiger charge is -2.20. The molecule has 3 rings (SSSR count). The van der Waals surface area contributed by atoms with E-state index in [4.69, 9.17) is 4.74 Å². The van der Waals surface area contributed by atoms with Crippen molar-refractivity contribution < 1.29 is 4.74 Å². The molecule has 2 N–H and O–H groups in total. The Hall–Kier alpha value is -1.48. The van der Waals surface area contributed by atoms with Crippen LogP contribution in [0.4, 0.5) is 0 Å². The number of ether oxygens (including phenoxy) is 1. The Kier molecular flexibility index (Phi) is 2.37. The van der Waals surface area contributed by atoms with E-state index in [1.54, 1.807) is 7.11 Å². The zero-order chi connectivity index (χ0) is 12.0. The second kappa shape index (κ2) is 3.77. The average molecular weight is 230 g/mol. The normalized spacial score (nSPS) is 19.4. The second-order valence-corrected chi connectivity index (χ2v) is 4.78. The van der Waals surface area contributed by atoms with Gasteiger partial charge in [0.05, 0.1) is 12.6 Å². The molecule has 0 saturated heterocycles. The fraction of sp³-hybridized carbons (Fsp3) is 0.429. The first-order valence-corrected chi connectivity index (χ1v) is 6.13. The number of hydrogen-bond acceptors (Lipinski definition) is 2. The topological polar surface area (TPSA) is 37.0 Å². The molecule has 0 radical (unpaired) electrons. The van der Waals surface area contributed by atoms with Crippen molar-refractivity contribution in [3.05, 3.63) is 29.0 Å². The SMILES string of the molecule is COc1ccc(C)c2c3c([nH]c12)C(C)NCC3. The molecule has 2 heterocycles. The first-order valence-electron chi connectivity index (χ1n) is 6.13. The third-order valence-corrected chi connectivity index (χ3v) is 3.74. The van der Waals surface area contributed by atoms with Crippen LogP contribution in [0.15, 0.2) is 12.1 Å². The van der Waals surface area contributed by atoms with Crippen LogP contribution in [0.3, 0.4) is 0 Å². The number of methoxy groups -OCH3 is 1. The lowest BCUT2D eigenvalue weighted by molar-refractivity contribution is 0.419. The van der Waals surface area contributed by atoms with E-state index >= 15 is 0 Å². The van der Waals surface area contributed by atoms with E-state index in [1.165, 1.54) is 22.2 Å². The summed E-state index contributed by atoms with van der Waals surface area (Å²) in [4.78, 5) is 3.54. The van der Waals surface area contributed by atoms with Crippen molar-refractivity contribution in [3.63, 3.8) is 0 Å². The highest BCUT2D eigenvalue weighted by atomic mass is 16.5. The van der Waals surface area contributed by atoms with Gasteiger partial charge in [-0.1, -0.05) is 6.07 Å². The van der Waals surface area contributed by atoms with Gasteiger partial charge in [-0.25, -0.2) is 0 Å². The van der Waals surface area contributed by atoms with Crippen molar-refractivity contribution >= 4 is 10.9 Å². The van der Waals surface area contributed by atoms with Crippen LogP contribution in [0, 0.1) is 6.92 Å². The maximum Gasteiger partial charge on any atom is 0.142 e. The van der Waals surface area contributed by atoms with Gasteiger partial charge in [0, 0.05) is 17.1 Å². The third-order valence-electron chi connectivity index (χ3n) is 3.74. The lowest BCUT2D eigenvalue weighted by Crippen LogP contribution is -2.27. The quantitative estimate of drug-likeness (QED) is 0.790. The van der Waals surface area contributed by atoms with E-state index in [0.717, 1.165) is 24.2 Å². The summed E-state index contributed by atoms with van der Waals surface area (Å²) in [6, 6.07) is 4.58. The van der Waals surface area contributed by atoms with Gasteiger partial charge < -0.3 is 15.0 Å². The van der Waals surface area contributed by atoms with Crippen molar-refractivity contribution in [2.45, 2.75) is 26.3 Å². The van der Waals surface area contributed by atoms with Crippen molar-refractivity contribution in [3.8, 4) is 5.75 Å². The van der Waals surface area contributed by atoms with Crippen LogP contribution in [-0.4, -0.2) is 18.6 Å². The predicted octanol–water partition coefficient (Wildman–Crippen LogP) is 2.69. The van der Waals surface area contributed by atoms with E-state index in [0.29, 0.717) is 6.04 Å². The molecule has 0 fully saturated rings. The van der Waals surface area contributed by atoms with Crippen LogP contribution in [0.25, 0.3) is 10.9 Å². The maximum atomic E-state index is 5.44. The summed E-state index contributed by atoms with van der Waals surface area (Å²) in [5.74, 6) is 0.937. The average Bonchev–Trinajstić information content (AvgIpc) is 2.71. The number of benzene rings is 1. The van der Waals surface area contributed by atoms with Gasteiger partial charge in [0.1, 0.15) is 5.75 Å². The molecule has 1 aliphatic heterocycles. The zero-order valence-electron chi connectivity index (χ0n) is 10.6. The highest BCUT2D eigenvalue weighted by molar-refractivity contribution is 5.92. The molecule has 17 heavy (non-hydrogen) atoms. The van der Waals surface area contributed by atoms with Crippen LogP contribution < -0.4 is 10.1 Å². The van der Waals surface area contributed by atoms with Gasteiger partial charge in [-0.15, -0.1) is 0 Å². The standard InChI is InChI=1S/C14H18N2O/c1-8-4-5-11(17-3)14-12(8)10-6-7-15-9(2)13(10)16-14/h4-5,9,15-16H,6-7H2,1-3H3. The van der Waals surface area contributed by atoms with Crippen LogP contribution in [0.2, 0.25) is 0 Å². The molecule has 0 bridgehead atoms. The van der Waals surface area contributed by atoms with Gasteiger partial charge in [-0.05, 0) is 44.0 Å². The summed E-state index contributed by atoms with van der Waals surface area (Å²) in [5.41, 5.74) is 5.25. The molecule has 3 nitrogen and oxygen atoms in total. The number of rotatable bonds is 1. The summed E-state index contributed by atoms with van der Waals surface area (Å²) < 4.78 is 5.44. The Morgan fingerprint density at radius 1 is 1.35 bits per heavy atom. The first-order chi connectivity index (χ1) is 8.22. The Morgan fingerprint density at radius 2 is 2.18 bits per heavy atom. The monoisotopic (exact) mass is 230 g/mol. The van der Waals surface area contributed by atoms with Crippen molar-refractivity contribution in [1.82, 2.24) is 10.3 Å². The molecular formula is C14H18N2O. The predicted molar refractivity (Wildman–Crippen MR) is 69.7 cm³/mol. The van der Waals surface area contributed by atoms with E-state index < -0.39 is 0 Å². The van der Waals surface area contributed by atoms with E-state index in [-0.39, 0.29) is 0 Å². The van der Waals surface area contributed by atoms with Crippen LogP contribution in [0.5, 0.6) is 5.75 Å². The number of H-pyrrole nitrogens is 1. The summed E-state index contributed by atoms with van der Waals surface area (Å²) in [7, 11) is 1.73. The zero-order valence-corrected chi connectivity index (χ0v) is 10.6. The Balaban J connectivity index is 2.36. The van der Waals surface area contributed by atoms with Gasteiger partial charge in [0.15, 0.2) is 0 Å². The number of hydrogen-bond donors (Lipinski definition) is 2. The molecular weight excluding hydrogens is 212 g/mol. The molecule has 0 amide bonds. The smallest absolute Gasteiger partial charge is 0.142 e. The fourth-order valence-electron chi connectivity index (χ4n) is 2.86. The number of aryl methyl sites for hydroxylation is 1. The largest absolute Gasteiger partial charge is 0.495 e. The van der Waals surface area contributed by atoms with Gasteiger partial charge in [-0.2, -0.15) is 0 Å². The number of nitrogens with one attached hydrogen (secondary N) is 2. The molecule has 1 atom stereocenters. The summed E-state index contributed by atoms with van der Waals surface area (Å²) in [6.07, 6.45) is 1.09. The van der Waals surface area contributed by atoms with Gasteiger partial charge in [0.2, 0.25) is 0 Å². The molecule has 0 aliphatic carbocycles. The van der Waals surface area contributed by atoms with Crippen molar-refractivity contribution in [2.24, 2.45) is 0 Å². The summed E-state index contributed by atoms with van der Waals surface area (Å²) in [6.45, 7) is 5.43. The van der Waals surface area contributed by atoms with Crippen LogP contribution >= 0.6 is 0 Å². The highest BCUT2D eigenvalue weighted by Gasteiger charge is 2.22. The number of aromatic amines is 1. The fourth-order valence-corrected chi connectivity index (χ4v) is 2.86. The Labute approximate surface area is 101 Å². The minimum absolute atomic E-state index is 0.398. The summed E-state index contributed by atoms with van der Waals surface area (Å²) in [5, 5.41) is 4.84. The molecule has 0 saturated carbocycles. The first kappa shape index (κ1) is 10.7. The summed E-state index contributed by atoms with van der Waals surface area (Å²) >= 11 is 0. The minimum atomic E-state index is 0.398. The lowest BCUT2D eigenvalue weighted by atomic mass is 9.98. The molecule has 1 aromatic heterocycles. The Morgan fingerprint density at radius 3 is 2.94 bits per heavy atom. The van der Waals surface area contributed by atoms with Crippen LogP contribution in [0.1, 0.15) is 29.8 Å². The van der Waals surface area contributed by atoms with E-state index in [2.05, 4.69) is 30.2 Å². The minimum Gasteiger partial charge on any atom is -0.495 e. The third kappa shape index (κ3) is 1.46. The van der Waals surface area contributed by atoms with Crippen molar-refractivity contribution in [2.75, 3.05) is 13.7 Å². The van der Waals surface area contributed by atoms with Crippen LogP contribution in [-0.2, 0) is 6.42 Å².